The van der Waals surface area contributed by atoms with Gasteiger partial charge in [-0.2, -0.15) is 9.40 Å². The summed E-state index contributed by atoms with van der Waals surface area (Å²) in [5, 5.41) is 4.33. The van der Waals surface area contributed by atoms with Crippen LogP contribution in [0.15, 0.2) is 42.7 Å². The first kappa shape index (κ1) is 17.6. The van der Waals surface area contributed by atoms with E-state index in [2.05, 4.69) is 5.10 Å². The molecule has 0 saturated carbocycles. The summed E-state index contributed by atoms with van der Waals surface area (Å²) >= 11 is 0. The average molecular weight is 362 g/mol. The molecule has 1 aliphatic heterocycles. The van der Waals surface area contributed by atoms with Gasteiger partial charge in [0.25, 0.3) is 0 Å². The standard InChI is InChI=1S/C17H22N4O3S/c1-25(23,24)20-11-9-19(10-12-20)17(22)8-7-15-13-18-21(14-15)16-5-3-2-4-6-16/h2-6,13-14H,7-12H2,1H3. The lowest BCUT2D eigenvalue weighted by Crippen LogP contribution is -2.50. The van der Waals surface area contributed by atoms with Crippen molar-refractivity contribution in [3.05, 3.63) is 48.3 Å². The van der Waals surface area contributed by atoms with E-state index in [1.807, 2.05) is 36.5 Å². The van der Waals surface area contributed by atoms with E-state index in [0.717, 1.165) is 11.3 Å². The lowest BCUT2D eigenvalue weighted by Gasteiger charge is -2.33. The Kier molecular flexibility index (Phi) is 5.19. The number of carbonyl (C=O) groups is 1. The predicted octanol–water partition coefficient (Wildman–Crippen LogP) is 0.909. The van der Waals surface area contributed by atoms with Crippen molar-refractivity contribution in [1.29, 1.82) is 0 Å². The maximum Gasteiger partial charge on any atom is 0.222 e. The van der Waals surface area contributed by atoms with E-state index in [-0.39, 0.29) is 5.91 Å². The second-order valence-electron chi connectivity index (χ2n) is 6.17. The van der Waals surface area contributed by atoms with E-state index in [1.54, 1.807) is 15.8 Å². The molecule has 0 N–H and O–H groups in total. The summed E-state index contributed by atoms with van der Waals surface area (Å²) in [4.78, 5) is 14.1. The molecule has 7 nitrogen and oxygen atoms in total. The number of amides is 1. The number of piperazine rings is 1. The first-order valence-electron chi connectivity index (χ1n) is 8.25. The van der Waals surface area contributed by atoms with Gasteiger partial charge in [-0.1, -0.05) is 18.2 Å². The quantitative estimate of drug-likeness (QED) is 0.792. The minimum absolute atomic E-state index is 0.0561. The first-order chi connectivity index (χ1) is 11.9. The van der Waals surface area contributed by atoms with Gasteiger partial charge >= 0.3 is 0 Å². The summed E-state index contributed by atoms with van der Waals surface area (Å²) in [6, 6.07) is 9.81. The molecule has 1 aromatic heterocycles. The molecule has 25 heavy (non-hydrogen) atoms. The van der Waals surface area contributed by atoms with E-state index in [4.69, 9.17) is 0 Å². The number of nitrogens with zero attached hydrogens (tertiary/aromatic N) is 4. The number of hydrogen-bond donors (Lipinski definition) is 0. The van der Waals surface area contributed by atoms with E-state index in [0.29, 0.717) is 39.0 Å². The number of sulfonamides is 1. The topological polar surface area (TPSA) is 75.5 Å². The smallest absolute Gasteiger partial charge is 0.222 e. The Morgan fingerprint density at radius 2 is 1.80 bits per heavy atom. The van der Waals surface area contributed by atoms with Gasteiger partial charge in [-0.15, -0.1) is 0 Å². The van der Waals surface area contributed by atoms with Crippen LogP contribution >= 0.6 is 0 Å². The van der Waals surface area contributed by atoms with Gasteiger partial charge < -0.3 is 4.90 Å². The van der Waals surface area contributed by atoms with Crippen LogP contribution in [0.5, 0.6) is 0 Å². The number of aryl methyl sites for hydroxylation is 1. The molecule has 1 amide bonds. The van der Waals surface area contributed by atoms with Gasteiger partial charge in [0, 0.05) is 38.8 Å². The molecule has 134 valence electrons. The highest BCUT2D eigenvalue weighted by Crippen LogP contribution is 2.11. The minimum Gasteiger partial charge on any atom is -0.340 e. The Balaban J connectivity index is 1.51. The highest BCUT2D eigenvalue weighted by molar-refractivity contribution is 7.88. The fraction of sp³-hybridized carbons (Fsp3) is 0.412. The molecule has 1 aliphatic rings. The normalized spacial score (nSPS) is 16.1. The van der Waals surface area contributed by atoms with Crippen molar-refractivity contribution in [3.8, 4) is 5.69 Å². The van der Waals surface area contributed by atoms with Crippen LogP contribution in [0.1, 0.15) is 12.0 Å². The SMILES string of the molecule is CS(=O)(=O)N1CCN(C(=O)CCc2cnn(-c3ccccc3)c2)CC1. The highest BCUT2D eigenvalue weighted by Gasteiger charge is 2.25. The largest absolute Gasteiger partial charge is 0.340 e. The van der Waals surface area contributed by atoms with Crippen molar-refractivity contribution in [2.45, 2.75) is 12.8 Å². The maximum atomic E-state index is 12.3. The summed E-state index contributed by atoms with van der Waals surface area (Å²) in [7, 11) is -3.17. The van der Waals surface area contributed by atoms with E-state index in [9.17, 15) is 13.2 Å². The van der Waals surface area contributed by atoms with Gasteiger partial charge in [0.1, 0.15) is 0 Å². The summed E-state index contributed by atoms with van der Waals surface area (Å²) in [5.41, 5.74) is 1.99. The molecule has 0 spiro atoms. The zero-order chi connectivity index (χ0) is 17.9. The molecule has 1 aromatic carbocycles. The zero-order valence-electron chi connectivity index (χ0n) is 14.2. The van der Waals surface area contributed by atoms with Crippen LogP contribution in [0.2, 0.25) is 0 Å². The van der Waals surface area contributed by atoms with Gasteiger partial charge in [-0.05, 0) is 24.1 Å². The fourth-order valence-electron chi connectivity index (χ4n) is 2.89. The second kappa shape index (κ2) is 7.37. The van der Waals surface area contributed by atoms with Gasteiger partial charge in [0.2, 0.25) is 15.9 Å². The Bertz CT molecular complexity index is 825. The maximum absolute atomic E-state index is 12.3. The number of rotatable bonds is 5. The Morgan fingerprint density at radius 3 is 2.44 bits per heavy atom. The molecule has 3 rings (SSSR count). The van der Waals surface area contributed by atoms with Crippen molar-refractivity contribution in [1.82, 2.24) is 19.0 Å². The van der Waals surface area contributed by atoms with Crippen molar-refractivity contribution in [2.75, 3.05) is 32.4 Å². The molecule has 0 radical (unpaired) electrons. The van der Waals surface area contributed by atoms with Crippen molar-refractivity contribution in [3.63, 3.8) is 0 Å². The van der Waals surface area contributed by atoms with Crippen LogP contribution < -0.4 is 0 Å². The number of benzene rings is 1. The Morgan fingerprint density at radius 1 is 1.12 bits per heavy atom. The monoisotopic (exact) mass is 362 g/mol. The van der Waals surface area contributed by atoms with E-state index < -0.39 is 10.0 Å². The number of para-hydroxylation sites is 1. The third-order valence-corrected chi connectivity index (χ3v) is 5.65. The van der Waals surface area contributed by atoms with E-state index in [1.165, 1.54) is 10.6 Å². The molecular weight excluding hydrogens is 340 g/mol. The third kappa shape index (κ3) is 4.46. The summed E-state index contributed by atoms with van der Waals surface area (Å²) < 4.78 is 26.2. The molecule has 2 heterocycles. The predicted molar refractivity (Wildman–Crippen MR) is 94.9 cm³/mol. The molecule has 1 saturated heterocycles. The lowest BCUT2D eigenvalue weighted by atomic mass is 10.2. The van der Waals surface area contributed by atoms with Gasteiger partial charge in [0.15, 0.2) is 0 Å². The second-order valence-corrected chi connectivity index (χ2v) is 8.15. The fourth-order valence-corrected chi connectivity index (χ4v) is 3.72. The summed E-state index contributed by atoms with van der Waals surface area (Å²) in [5.74, 6) is 0.0561. The van der Waals surface area contributed by atoms with Gasteiger partial charge in [0.05, 0.1) is 18.1 Å². The highest BCUT2D eigenvalue weighted by atomic mass is 32.2. The Hall–Kier alpha value is -2.19. The summed E-state index contributed by atoms with van der Waals surface area (Å²) in [6.07, 6.45) is 5.94. The number of hydrogen-bond acceptors (Lipinski definition) is 4. The average Bonchev–Trinajstić information content (AvgIpc) is 3.09. The van der Waals surface area contributed by atoms with Crippen LogP contribution in [-0.4, -0.2) is 65.7 Å². The van der Waals surface area contributed by atoms with Gasteiger partial charge in [-0.3, -0.25) is 4.79 Å². The number of carbonyl (C=O) groups excluding carboxylic acids is 1. The molecule has 0 aliphatic carbocycles. The summed E-state index contributed by atoms with van der Waals surface area (Å²) in [6.45, 7) is 1.65. The van der Waals surface area contributed by atoms with Crippen molar-refractivity contribution in [2.24, 2.45) is 0 Å². The van der Waals surface area contributed by atoms with Crippen LogP contribution in [0.4, 0.5) is 0 Å². The molecule has 0 atom stereocenters. The molecule has 0 bridgehead atoms. The van der Waals surface area contributed by atoms with Crippen molar-refractivity contribution >= 4 is 15.9 Å². The molecule has 2 aromatic rings. The first-order valence-corrected chi connectivity index (χ1v) is 10.1. The lowest BCUT2D eigenvalue weighted by molar-refractivity contribution is -0.132. The van der Waals surface area contributed by atoms with Crippen LogP contribution in [-0.2, 0) is 21.2 Å². The van der Waals surface area contributed by atoms with Crippen LogP contribution in [0.3, 0.4) is 0 Å². The van der Waals surface area contributed by atoms with Crippen molar-refractivity contribution < 1.29 is 13.2 Å². The number of aromatic nitrogens is 2. The molecular formula is C17H22N4O3S. The van der Waals surface area contributed by atoms with Gasteiger partial charge in [-0.25, -0.2) is 13.1 Å². The van der Waals surface area contributed by atoms with E-state index >= 15 is 0 Å². The Labute approximate surface area is 147 Å². The van der Waals surface area contributed by atoms with Crippen LogP contribution in [0.25, 0.3) is 5.69 Å². The van der Waals surface area contributed by atoms with Crippen LogP contribution in [0, 0.1) is 0 Å². The molecule has 0 unspecified atom stereocenters. The molecule has 1 fully saturated rings. The molecule has 8 heteroatoms. The minimum atomic E-state index is -3.17. The zero-order valence-corrected chi connectivity index (χ0v) is 15.0. The third-order valence-electron chi connectivity index (χ3n) is 4.34.